The van der Waals surface area contributed by atoms with Gasteiger partial charge in [-0.1, -0.05) is 17.7 Å². The van der Waals surface area contributed by atoms with Crippen LogP contribution < -0.4 is 4.72 Å². The molecule has 2 rings (SSSR count). The van der Waals surface area contributed by atoms with Gasteiger partial charge in [0.05, 0.1) is 12.4 Å². The first kappa shape index (κ1) is 16.6. The molecule has 1 fully saturated rings. The van der Waals surface area contributed by atoms with E-state index in [-0.39, 0.29) is 24.3 Å². The van der Waals surface area contributed by atoms with Gasteiger partial charge in [-0.2, -0.15) is 0 Å². The van der Waals surface area contributed by atoms with Gasteiger partial charge in [0.1, 0.15) is 5.15 Å². The molecular formula is C13H19ClN2O4S. The highest BCUT2D eigenvalue weighted by Crippen LogP contribution is 2.31. The Balaban J connectivity index is 1.95. The second-order valence-electron chi connectivity index (χ2n) is 5.35. The summed E-state index contributed by atoms with van der Waals surface area (Å²) >= 11 is 5.67. The maximum absolute atomic E-state index is 12.1. The molecule has 6 nitrogen and oxygen atoms in total. The minimum atomic E-state index is -3.46. The Bertz CT molecular complexity index is 556. The van der Waals surface area contributed by atoms with Gasteiger partial charge in [-0.15, -0.1) is 0 Å². The fourth-order valence-corrected chi connectivity index (χ4v) is 3.69. The Morgan fingerprint density at radius 1 is 1.48 bits per heavy atom. The van der Waals surface area contributed by atoms with Crippen molar-refractivity contribution in [3.8, 4) is 0 Å². The number of aromatic nitrogens is 1. The molecule has 21 heavy (non-hydrogen) atoms. The summed E-state index contributed by atoms with van der Waals surface area (Å²) in [6.45, 7) is 1.37. The molecule has 0 unspecified atom stereocenters. The lowest BCUT2D eigenvalue weighted by Crippen LogP contribution is -2.39. The number of nitrogens with one attached hydrogen (secondary N) is 1. The third-order valence-electron chi connectivity index (χ3n) is 3.64. The average molecular weight is 335 g/mol. The van der Waals surface area contributed by atoms with Crippen LogP contribution >= 0.6 is 11.6 Å². The Labute approximate surface area is 129 Å². The largest absolute Gasteiger partial charge is 0.396 e. The molecule has 0 bridgehead atoms. The number of rotatable bonds is 7. The third kappa shape index (κ3) is 4.89. The molecule has 1 atom stereocenters. The number of aliphatic hydroxyl groups is 1. The zero-order valence-electron chi connectivity index (χ0n) is 11.6. The SMILES string of the molecule is O=S(=O)(Cc1ccc(Cl)nc1)NC[C@@]1(CCO)CCOC1. The molecule has 0 aromatic carbocycles. The lowest BCUT2D eigenvalue weighted by Gasteiger charge is -2.26. The molecule has 0 spiro atoms. The number of pyridine rings is 1. The number of halogens is 1. The first-order valence-electron chi connectivity index (χ1n) is 6.71. The standard InChI is InChI=1S/C13H19ClN2O4S/c14-12-2-1-11(7-15-12)8-21(18,19)16-9-13(3-5-17)4-6-20-10-13/h1-2,7,16-17H,3-6,8-10H2/t13-/m1/s1. The van der Waals surface area contributed by atoms with Crippen molar-refractivity contribution in [1.29, 1.82) is 0 Å². The highest BCUT2D eigenvalue weighted by Gasteiger charge is 2.35. The van der Waals surface area contributed by atoms with E-state index < -0.39 is 10.0 Å². The van der Waals surface area contributed by atoms with Crippen LogP contribution in [0.5, 0.6) is 0 Å². The fourth-order valence-electron chi connectivity index (χ4n) is 2.34. The number of ether oxygens (including phenoxy) is 1. The molecule has 8 heteroatoms. The Morgan fingerprint density at radius 3 is 2.86 bits per heavy atom. The van der Waals surface area contributed by atoms with E-state index in [1.807, 2.05) is 0 Å². The van der Waals surface area contributed by atoms with E-state index in [0.717, 1.165) is 6.42 Å². The molecule has 2 heterocycles. The number of hydrogen-bond acceptors (Lipinski definition) is 5. The number of sulfonamides is 1. The summed E-state index contributed by atoms with van der Waals surface area (Å²) in [4.78, 5) is 3.86. The molecule has 2 N–H and O–H groups in total. The smallest absolute Gasteiger partial charge is 0.215 e. The van der Waals surface area contributed by atoms with Gasteiger partial charge in [-0.3, -0.25) is 0 Å². The van der Waals surface area contributed by atoms with Gasteiger partial charge in [0.25, 0.3) is 0 Å². The quantitative estimate of drug-likeness (QED) is 0.725. The van der Waals surface area contributed by atoms with E-state index >= 15 is 0 Å². The summed E-state index contributed by atoms with van der Waals surface area (Å²) in [5.41, 5.74) is 0.269. The van der Waals surface area contributed by atoms with Crippen molar-refractivity contribution >= 4 is 21.6 Å². The summed E-state index contributed by atoms with van der Waals surface area (Å²) in [6.07, 6.45) is 2.72. The van der Waals surface area contributed by atoms with Gasteiger partial charge in [-0.05, 0) is 24.5 Å². The Hall–Kier alpha value is -0.730. The van der Waals surface area contributed by atoms with E-state index in [4.69, 9.17) is 21.4 Å². The molecule has 0 amide bonds. The van der Waals surface area contributed by atoms with Gasteiger partial charge in [0.2, 0.25) is 10.0 Å². The number of nitrogens with zero attached hydrogens (tertiary/aromatic N) is 1. The Morgan fingerprint density at radius 2 is 2.29 bits per heavy atom. The van der Waals surface area contributed by atoms with E-state index in [0.29, 0.717) is 30.4 Å². The summed E-state index contributed by atoms with van der Waals surface area (Å²) in [5, 5.41) is 9.46. The van der Waals surface area contributed by atoms with E-state index in [1.54, 1.807) is 12.1 Å². The van der Waals surface area contributed by atoms with Crippen LogP contribution in [-0.2, 0) is 20.5 Å². The second kappa shape index (κ2) is 7.02. The van der Waals surface area contributed by atoms with Gasteiger partial charge < -0.3 is 9.84 Å². The van der Waals surface area contributed by atoms with Gasteiger partial charge in [0.15, 0.2) is 0 Å². The monoisotopic (exact) mass is 334 g/mol. The van der Waals surface area contributed by atoms with Crippen LogP contribution in [0.4, 0.5) is 0 Å². The lowest BCUT2D eigenvalue weighted by atomic mass is 9.84. The van der Waals surface area contributed by atoms with Crippen LogP contribution in [0.15, 0.2) is 18.3 Å². The molecule has 1 aliphatic heterocycles. The molecule has 0 radical (unpaired) electrons. The van der Waals surface area contributed by atoms with Gasteiger partial charge in [0, 0.05) is 31.4 Å². The van der Waals surface area contributed by atoms with Crippen molar-refractivity contribution in [2.75, 3.05) is 26.4 Å². The van der Waals surface area contributed by atoms with Crippen LogP contribution in [0.25, 0.3) is 0 Å². The second-order valence-corrected chi connectivity index (χ2v) is 7.54. The molecule has 1 aromatic rings. The average Bonchev–Trinajstić information content (AvgIpc) is 2.89. The van der Waals surface area contributed by atoms with Crippen molar-refractivity contribution < 1.29 is 18.3 Å². The zero-order valence-corrected chi connectivity index (χ0v) is 13.2. The highest BCUT2D eigenvalue weighted by atomic mass is 35.5. The molecule has 1 aromatic heterocycles. The molecule has 1 saturated heterocycles. The van der Waals surface area contributed by atoms with Crippen molar-refractivity contribution in [2.24, 2.45) is 5.41 Å². The minimum Gasteiger partial charge on any atom is -0.396 e. The lowest BCUT2D eigenvalue weighted by molar-refractivity contribution is 0.128. The first-order valence-corrected chi connectivity index (χ1v) is 8.74. The maximum Gasteiger partial charge on any atom is 0.215 e. The molecule has 118 valence electrons. The summed E-state index contributed by atoms with van der Waals surface area (Å²) in [7, 11) is -3.46. The molecular weight excluding hydrogens is 316 g/mol. The number of hydrogen-bond donors (Lipinski definition) is 2. The molecule has 0 aliphatic carbocycles. The van der Waals surface area contributed by atoms with E-state index in [1.165, 1.54) is 6.20 Å². The van der Waals surface area contributed by atoms with Crippen LogP contribution in [-0.4, -0.2) is 44.9 Å². The maximum atomic E-state index is 12.1. The van der Waals surface area contributed by atoms with Gasteiger partial charge in [-0.25, -0.2) is 18.1 Å². The predicted octanol–water partition coefficient (Wildman–Crippen LogP) is 0.944. The minimum absolute atomic E-state index is 0.0200. The molecule has 1 aliphatic rings. The van der Waals surface area contributed by atoms with Crippen molar-refractivity contribution in [3.05, 3.63) is 29.0 Å². The van der Waals surface area contributed by atoms with Crippen molar-refractivity contribution in [3.63, 3.8) is 0 Å². The third-order valence-corrected chi connectivity index (χ3v) is 5.16. The van der Waals surface area contributed by atoms with Crippen LogP contribution in [0.2, 0.25) is 5.15 Å². The topological polar surface area (TPSA) is 88.5 Å². The van der Waals surface area contributed by atoms with E-state index in [9.17, 15) is 8.42 Å². The molecule has 0 saturated carbocycles. The number of aliphatic hydroxyl groups excluding tert-OH is 1. The summed E-state index contributed by atoms with van der Waals surface area (Å²) < 4.78 is 32.2. The van der Waals surface area contributed by atoms with Crippen molar-refractivity contribution in [1.82, 2.24) is 9.71 Å². The predicted molar refractivity (Wildman–Crippen MR) is 79.4 cm³/mol. The fraction of sp³-hybridized carbons (Fsp3) is 0.615. The van der Waals surface area contributed by atoms with Crippen molar-refractivity contribution in [2.45, 2.75) is 18.6 Å². The van der Waals surface area contributed by atoms with Crippen LogP contribution in [0, 0.1) is 5.41 Å². The summed E-state index contributed by atoms with van der Waals surface area (Å²) in [5.74, 6) is -0.146. The van der Waals surface area contributed by atoms with Gasteiger partial charge >= 0.3 is 0 Å². The normalized spacial score (nSPS) is 22.6. The zero-order chi connectivity index (χ0) is 15.3. The first-order chi connectivity index (χ1) is 9.95. The summed E-state index contributed by atoms with van der Waals surface area (Å²) in [6, 6.07) is 3.20. The highest BCUT2D eigenvalue weighted by molar-refractivity contribution is 7.88. The van der Waals surface area contributed by atoms with E-state index in [2.05, 4.69) is 9.71 Å². The Kier molecular flexibility index (Phi) is 5.56. The van der Waals surface area contributed by atoms with Crippen LogP contribution in [0.3, 0.4) is 0 Å². The van der Waals surface area contributed by atoms with Crippen LogP contribution in [0.1, 0.15) is 18.4 Å².